The van der Waals surface area contributed by atoms with Crippen LogP contribution in [-0.2, 0) is 0 Å². The average molecular weight is 231 g/mol. The molecule has 0 bridgehead atoms. The first-order valence-corrected chi connectivity index (χ1v) is 5.23. The summed E-state index contributed by atoms with van der Waals surface area (Å²) in [4.78, 5) is 11.5. The van der Waals surface area contributed by atoms with Gasteiger partial charge in [-0.25, -0.2) is 0 Å². The van der Waals surface area contributed by atoms with Gasteiger partial charge in [-0.3, -0.25) is 4.79 Å². The minimum Gasteiger partial charge on any atom is -0.294 e. The SMILES string of the molecule is O=C(c1ccsc1Br)C1CC1. The first kappa shape index (κ1) is 7.50. The number of ketones is 1. The monoisotopic (exact) mass is 230 g/mol. The van der Waals surface area contributed by atoms with E-state index in [4.69, 9.17) is 0 Å². The van der Waals surface area contributed by atoms with E-state index in [1.807, 2.05) is 11.4 Å². The Morgan fingerprint density at radius 1 is 1.64 bits per heavy atom. The fourth-order valence-electron chi connectivity index (χ4n) is 1.04. The van der Waals surface area contributed by atoms with Crippen molar-refractivity contribution < 1.29 is 4.79 Å². The van der Waals surface area contributed by atoms with E-state index in [-0.39, 0.29) is 0 Å². The van der Waals surface area contributed by atoms with E-state index in [1.165, 1.54) is 0 Å². The zero-order valence-electron chi connectivity index (χ0n) is 5.84. The van der Waals surface area contributed by atoms with E-state index in [1.54, 1.807) is 11.3 Å². The number of rotatable bonds is 2. The molecular formula is C8H7BrOS. The fourth-order valence-corrected chi connectivity index (χ4v) is 2.31. The molecule has 0 radical (unpaired) electrons. The van der Waals surface area contributed by atoms with Crippen molar-refractivity contribution in [1.82, 2.24) is 0 Å². The van der Waals surface area contributed by atoms with Crippen LogP contribution in [0.4, 0.5) is 0 Å². The van der Waals surface area contributed by atoms with Gasteiger partial charge in [-0.05, 0) is 40.2 Å². The molecule has 0 spiro atoms. The molecule has 1 aromatic heterocycles. The summed E-state index contributed by atoms with van der Waals surface area (Å²) in [5.41, 5.74) is 0.873. The Kier molecular flexibility index (Phi) is 1.85. The van der Waals surface area contributed by atoms with Crippen LogP contribution in [-0.4, -0.2) is 5.78 Å². The third kappa shape index (κ3) is 1.40. The molecule has 0 amide bonds. The van der Waals surface area contributed by atoms with Gasteiger partial charge in [0.25, 0.3) is 0 Å². The van der Waals surface area contributed by atoms with E-state index in [0.29, 0.717) is 11.7 Å². The number of Topliss-reactive ketones (excluding diaryl/α,β-unsaturated/α-hetero) is 1. The first-order valence-electron chi connectivity index (χ1n) is 3.56. The van der Waals surface area contributed by atoms with Gasteiger partial charge in [0.2, 0.25) is 0 Å². The predicted molar refractivity (Wildman–Crippen MR) is 49.1 cm³/mol. The van der Waals surface area contributed by atoms with E-state index in [0.717, 1.165) is 22.2 Å². The molecule has 11 heavy (non-hydrogen) atoms. The average Bonchev–Trinajstić information content (AvgIpc) is 2.74. The van der Waals surface area contributed by atoms with E-state index >= 15 is 0 Å². The van der Waals surface area contributed by atoms with Crippen molar-refractivity contribution in [3.05, 3.63) is 20.8 Å². The van der Waals surface area contributed by atoms with Crippen LogP contribution in [0.1, 0.15) is 23.2 Å². The highest BCUT2D eigenvalue weighted by molar-refractivity contribution is 9.11. The van der Waals surface area contributed by atoms with Gasteiger partial charge < -0.3 is 0 Å². The van der Waals surface area contributed by atoms with Gasteiger partial charge >= 0.3 is 0 Å². The maximum Gasteiger partial charge on any atom is 0.167 e. The zero-order valence-corrected chi connectivity index (χ0v) is 8.24. The molecule has 0 saturated heterocycles. The molecule has 1 saturated carbocycles. The molecule has 1 fully saturated rings. The Hall–Kier alpha value is -0.150. The Labute approximate surface area is 77.6 Å². The van der Waals surface area contributed by atoms with Crippen molar-refractivity contribution in [2.75, 3.05) is 0 Å². The molecule has 0 aromatic carbocycles. The number of carbonyl (C=O) groups excluding carboxylic acids is 1. The molecule has 1 aromatic rings. The third-order valence-corrected chi connectivity index (χ3v) is 3.52. The number of hydrogen-bond donors (Lipinski definition) is 0. The van der Waals surface area contributed by atoms with Crippen molar-refractivity contribution >= 4 is 33.0 Å². The van der Waals surface area contributed by atoms with Crippen molar-refractivity contribution in [1.29, 1.82) is 0 Å². The summed E-state index contributed by atoms with van der Waals surface area (Å²) in [7, 11) is 0. The molecule has 1 aliphatic rings. The normalized spacial score (nSPS) is 16.8. The second-order valence-corrected chi connectivity index (χ2v) is 4.98. The summed E-state index contributed by atoms with van der Waals surface area (Å²) in [6.45, 7) is 0. The molecule has 58 valence electrons. The second kappa shape index (κ2) is 2.72. The summed E-state index contributed by atoms with van der Waals surface area (Å²) in [5.74, 6) is 0.652. The first-order chi connectivity index (χ1) is 5.29. The summed E-state index contributed by atoms with van der Waals surface area (Å²) in [6.07, 6.45) is 2.17. The molecule has 0 aliphatic heterocycles. The number of carbonyl (C=O) groups is 1. The van der Waals surface area contributed by atoms with Gasteiger partial charge in [-0.2, -0.15) is 0 Å². The van der Waals surface area contributed by atoms with Crippen LogP contribution in [0.2, 0.25) is 0 Å². The highest BCUT2D eigenvalue weighted by Gasteiger charge is 2.31. The van der Waals surface area contributed by atoms with Crippen LogP contribution in [0.25, 0.3) is 0 Å². The number of halogens is 1. The van der Waals surface area contributed by atoms with Crippen LogP contribution in [0.15, 0.2) is 15.2 Å². The molecule has 0 unspecified atom stereocenters. The van der Waals surface area contributed by atoms with Gasteiger partial charge in [0.05, 0.1) is 3.79 Å². The smallest absolute Gasteiger partial charge is 0.167 e. The van der Waals surface area contributed by atoms with Crippen LogP contribution in [0.3, 0.4) is 0 Å². The molecule has 1 aliphatic carbocycles. The highest BCUT2D eigenvalue weighted by Crippen LogP contribution is 2.36. The molecular weight excluding hydrogens is 224 g/mol. The molecule has 1 heterocycles. The third-order valence-electron chi connectivity index (χ3n) is 1.83. The Bertz CT molecular complexity index is 288. The van der Waals surface area contributed by atoms with Gasteiger partial charge in [0.1, 0.15) is 0 Å². The fraction of sp³-hybridized carbons (Fsp3) is 0.375. The van der Waals surface area contributed by atoms with Crippen LogP contribution in [0, 0.1) is 5.92 Å². The Morgan fingerprint density at radius 3 is 2.82 bits per heavy atom. The minimum absolute atomic E-state index is 0.318. The quantitative estimate of drug-likeness (QED) is 0.714. The van der Waals surface area contributed by atoms with Gasteiger partial charge in [0.15, 0.2) is 5.78 Å². The topological polar surface area (TPSA) is 17.1 Å². The van der Waals surface area contributed by atoms with Crippen LogP contribution in [0.5, 0.6) is 0 Å². The van der Waals surface area contributed by atoms with Gasteiger partial charge in [0, 0.05) is 11.5 Å². The lowest BCUT2D eigenvalue weighted by atomic mass is 10.1. The standard InChI is InChI=1S/C8H7BrOS/c9-8-6(3-4-11-8)7(10)5-1-2-5/h3-5H,1-2H2. The highest BCUT2D eigenvalue weighted by atomic mass is 79.9. The molecule has 3 heteroatoms. The van der Waals surface area contributed by atoms with Gasteiger partial charge in [-0.1, -0.05) is 0 Å². The summed E-state index contributed by atoms with van der Waals surface area (Å²) in [6, 6.07) is 1.90. The van der Waals surface area contributed by atoms with E-state index in [9.17, 15) is 4.79 Å². The van der Waals surface area contributed by atoms with E-state index in [2.05, 4.69) is 15.9 Å². The maximum absolute atomic E-state index is 11.5. The van der Waals surface area contributed by atoms with Crippen molar-refractivity contribution in [3.63, 3.8) is 0 Å². The van der Waals surface area contributed by atoms with Crippen molar-refractivity contribution in [3.8, 4) is 0 Å². The zero-order chi connectivity index (χ0) is 7.84. The lowest BCUT2D eigenvalue weighted by molar-refractivity contribution is 0.0967. The molecule has 0 N–H and O–H groups in total. The molecule has 0 atom stereocenters. The lowest BCUT2D eigenvalue weighted by Gasteiger charge is -1.93. The number of hydrogen-bond acceptors (Lipinski definition) is 2. The van der Waals surface area contributed by atoms with Crippen molar-refractivity contribution in [2.45, 2.75) is 12.8 Å². The van der Waals surface area contributed by atoms with Crippen molar-refractivity contribution in [2.24, 2.45) is 5.92 Å². The molecule has 1 nitrogen and oxygen atoms in total. The largest absolute Gasteiger partial charge is 0.294 e. The van der Waals surface area contributed by atoms with Gasteiger partial charge in [-0.15, -0.1) is 11.3 Å². The van der Waals surface area contributed by atoms with Crippen LogP contribution < -0.4 is 0 Å². The second-order valence-electron chi connectivity index (χ2n) is 2.75. The summed E-state index contributed by atoms with van der Waals surface area (Å²) in [5, 5.41) is 1.94. The minimum atomic E-state index is 0.318. The van der Waals surface area contributed by atoms with Crippen LogP contribution >= 0.6 is 27.3 Å². The maximum atomic E-state index is 11.5. The Balaban J connectivity index is 2.27. The molecule has 2 rings (SSSR count). The lowest BCUT2D eigenvalue weighted by Crippen LogP contribution is -1.99. The summed E-state index contributed by atoms with van der Waals surface area (Å²) < 4.78 is 0.981. The predicted octanol–water partition coefficient (Wildman–Crippen LogP) is 3.10. The summed E-state index contributed by atoms with van der Waals surface area (Å²) >= 11 is 4.93. The van der Waals surface area contributed by atoms with E-state index < -0.39 is 0 Å². The number of thiophene rings is 1. The Morgan fingerprint density at radius 2 is 2.36 bits per heavy atom.